The van der Waals surface area contributed by atoms with Gasteiger partial charge in [0.2, 0.25) is 0 Å². The molecule has 1 unspecified atom stereocenters. The number of carbonyl (C=O) groups excluding carboxylic acids is 1. The van der Waals surface area contributed by atoms with Gasteiger partial charge in [0.05, 0.1) is 17.4 Å². The molecule has 0 saturated carbocycles. The Kier molecular flexibility index (Phi) is 6.66. The Morgan fingerprint density at radius 2 is 2.00 bits per heavy atom. The van der Waals surface area contributed by atoms with Crippen LogP contribution in [0.15, 0.2) is 52.2 Å². The largest absolute Gasteiger partial charge is 0.511 e. The molecule has 4 rings (SSSR count). The lowest BCUT2D eigenvalue weighted by atomic mass is 9.80. The summed E-state index contributed by atoms with van der Waals surface area (Å²) < 4.78 is 6.14. The minimum absolute atomic E-state index is 0.0416. The Bertz CT molecular complexity index is 1300. The summed E-state index contributed by atoms with van der Waals surface area (Å²) in [5.41, 5.74) is 11.0. The van der Waals surface area contributed by atoms with Gasteiger partial charge in [-0.05, 0) is 72.1 Å². The molecule has 0 amide bonds. The van der Waals surface area contributed by atoms with E-state index in [1.807, 2.05) is 39.0 Å². The fourth-order valence-corrected chi connectivity index (χ4v) is 5.82. The molecule has 4 N–H and O–H groups in total. The van der Waals surface area contributed by atoms with Crippen molar-refractivity contribution in [1.29, 1.82) is 0 Å². The number of benzene rings is 2. The van der Waals surface area contributed by atoms with E-state index in [0.717, 1.165) is 44.7 Å². The molecule has 0 bridgehead atoms. The lowest BCUT2D eigenvalue weighted by molar-refractivity contribution is -0.164. The smallest absolute Gasteiger partial charge is 0.349 e. The molecule has 1 aliphatic heterocycles. The zero-order valence-electron chi connectivity index (χ0n) is 21.4. The molecule has 0 spiro atoms. The van der Waals surface area contributed by atoms with Crippen LogP contribution in [-0.2, 0) is 21.4 Å². The number of thioether (sulfide) groups is 1. The van der Waals surface area contributed by atoms with Gasteiger partial charge >= 0.3 is 5.97 Å². The SMILES string of the molecule is Cc1cc(SC2=C(O)CC(CCc3ccc4nc[nH]c4c3)(C(C)C)OC2=O)c(C(C)(C)C)cc1N. The Hall–Kier alpha value is -2.93. The number of ether oxygens (including phenoxy) is 1. The Morgan fingerprint density at radius 3 is 2.66 bits per heavy atom. The number of anilines is 1. The van der Waals surface area contributed by atoms with Crippen molar-refractivity contribution in [3.05, 3.63) is 64.0 Å². The fourth-order valence-electron chi connectivity index (χ4n) is 4.57. The van der Waals surface area contributed by atoms with Gasteiger partial charge in [0.25, 0.3) is 0 Å². The van der Waals surface area contributed by atoms with Gasteiger partial charge in [-0.3, -0.25) is 0 Å². The standard InChI is InChI=1S/C28H35N3O3S/c1-16(2)28(10-9-18-7-8-21-22(12-18)31-15-30-21)14-23(32)25(26(33)34-28)35-24-11-17(3)20(29)13-19(24)27(4,5)6/h7-8,11-13,15-16,32H,9-10,14,29H2,1-6H3,(H,30,31). The fraction of sp³-hybridized carbons (Fsp3) is 0.429. The summed E-state index contributed by atoms with van der Waals surface area (Å²) >= 11 is 1.27. The number of aliphatic hydroxyl groups is 1. The number of aromatic nitrogens is 2. The number of imidazole rings is 1. The normalized spacial score (nSPS) is 19.0. The first-order chi connectivity index (χ1) is 16.4. The van der Waals surface area contributed by atoms with Crippen LogP contribution in [0, 0.1) is 12.8 Å². The van der Waals surface area contributed by atoms with Gasteiger partial charge < -0.3 is 20.6 Å². The summed E-state index contributed by atoms with van der Waals surface area (Å²) in [6.07, 6.45) is 3.32. The van der Waals surface area contributed by atoms with Gasteiger partial charge in [-0.1, -0.05) is 52.4 Å². The lowest BCUT2D eigenvalue weighted by Gasteiger charge is -2.40. The molecule has 7 heteroatoms. The van der Waals surface area contributed by atoms with Gasteiger partial charge in [0.15, 0.2) is 0 Å². The number of nitrogens with zero attached hydrogens (tertiary/aromatic N) is 1. The first-order valence-corrected chi connectivity index (χ1v) is 12.9. The van der Waals surface area contributed by atoms with Gasteiger partial charge in [0, 0.05) is 17.0 Å². The number of hydrogen-bond acceptors (Lipinski definition) is 6. The predicted molar refractivity (Wildman–Crippen MR) is 142 cm³/mol. The van der Waals surface area contributed by atoms with Gasteiger partial charge in [0.1, 0.15) is 16.3 Å². The third kappa shape index (κ3) is 5.06. The molecule has 2 aromatic carbocycles. The number of aliphatic hydroxyl groups excluding tert-OH is 1. The van der Waals surface area contributed by atoms with Gasteiger partial charge in [-0.2, -0.15) is 0 Å². The van der Waals surface area contributed by atoms with Crippen molar-refractivity contribution < 1.29 is 14.6 Å². The van der Waals surface area contributed by atoms with E-state index in [1.54, 1.807) is 6.33 Å². The van der Waals surface area contributed by atoms with Crippen molar-refractivity contribution in [2.75, 3.05) is 5.73 Å². The van der Waals surface area contributed by atoms with Crippen molar-refractivity contribution in [3.63, 3.8) is 0 Å². The van der Waals surface area contributed by atoms with Crippen LogP contribution < -0.4 is 5.73 Å². The highest BCUT2D eigenvalue weighted by Crippen LogP contribution is 2.45. The van der Waals surface area contributed by atoms with E-state index in [9.17, 15) is 9.90 Å². The maximum absolute atomic E-state index is 13.3. The summed E-state index contributed by atoms with van der Waals surface area (Å²) in [4.78, 5) is 21.9. The second kappa shape index (κ2) is 9.26. The van der Waals surface area contributed by atoms with Gasteiger partial charge in [-0.15, -0.1) is 0 Å². The molecule has 0 radical (unpaired) electrons. The number of aromatic amines is 1. The summed E-state index contributed by atoms with van der Waals surface area (Å²) in [6.45, 7) is 12.4. The highest BCUT2D eigenvalue weighted by atomic mass is 32.2. The Labute approximate surface area is 211 Å². The maximum Gasteiger partial charge on any atom is 0.349 e. The first-order valence-electron chi connectivity index (χ1n) is 12.1. The number of nitrogens with two attached hydrogens (primary N) is 1. The van der Waals surface area contributed by atoms with Crippen molar-refractivity contribution in [2.24, 2.45) is 5.92 Å². The molecule has 1 atom stereocenters. The van der Waals surface area contributed by atoms with Crippen LogP contribution in [-0.4, -0.2) is 26.6 Å². The number of H-pyrrole nitrogens is 1. The second-order valence-electron chi connectivity index (χ2n) is 10.9. The number of rotatable bonds is 6. The van der Waals surface area contributed by atoms with Crippen LogP contribution in [0.3, 0.4) is 0 Å². The minimum atomic E-state index is -0.766. The molecular formula is C28H35N3O3S. The average Bonchev–Trinajstić information content (AvgIpc) is 3.24. The Balaban J connectivity index is 1.61. The van der Waals surface area contributed by atoms with Gasteiger partial charge in [-0.25, -0.2) is 9.78 Å². The molecule has 3 aromatic rings. The summed E-state index contributed by atoms with van der Waals surface area (Å²) in [5.74, 6) is -0.330. The van der Waals surface area contributed by atoms with E-state index in [1.165, 1.54) is 11.8 Å². The van der Waals surface area contributed by atoms with Crippen LogP contribution in [0.4, 0.5) is 5.69 Å². The summed E-state index contributed by atoms with van der Waals surface area (Å²) in [5, 5.41) is 11.1. The van der Waals surface area contributed by atoms with Crippen molar-refractivity contribution in [1.82, 2.24) is 9.97 Å². The number of nitrogens with one attached hydrogen (secondary N) is 1. The van der Waals surface area contributed by atoms with Crippen molar-refractivity contribution in [2.45, 2.75) is 76.7 Å². The summed E-state index contributed by atoms with van der Waals surface area (Å²) in [6, 6.07) is 10.1. The molecule has 0 fully saturated rings. The number of aryl methyl sites for hydroxylation is 2. The van der Waals surface area contributed by atoms with Crippen LogP contribution >= 0.6 is 11.8 Å². The molecule has 6 nitrogen and oxygen atoms in total. The number of cyclic esters (lactones) is 1. The van der Waals surface area contributed by atoms with E-state index < -0.39 is 11.6 Å². The molecule has 186 valence electrons. The first kappa shape index (κ1) is 25.2. The lowest BCUT2D eigenvalue weighted by Crippen LogP contribution is -2.44. The number of nitrogen functional groups attached to an aromatic ring is 1. The number of esters is 1. The van der Waals surface area contributed by atoms with Crippen molar-refractivity contribution in [3.8, 4) is 0 Å². The zero-order valence-corrected chi connectivity index (χ0v) is 22.2. The number of fused-ring (bicyclic) bond motifs is 1. The number of hydrogen-bond donors (Lipinski definition) is 3. The molecule has 2 heterocycles. The third-order valence-corrected chi connectivity index (χ3v) is 8.14. The van der Waals surface area contributed by atoms with E-state index in [2.05, 4.69) is 42.9 Å². The second-order valence-corrected chi connectivity index (χ2v) is 11.9. The zero-order chi connectivity index (χ0) is 25.5. The molecule has 0 saturated heterocycles. The highest BCUT2D eigenvalue weighted by molar-refractivity contribution is 8.04. The average molecular weight is 494 g/mol. The molecule has 35 heavy (non-hydrogen) atoms. The minimum Gasteiger partial charge on any atom is -0.511 e. The topological polar surface area (TPSA) is 101 Å². The van der Waals surface area contributed by atoms with E-state index >= 15 is 0 Å². The highest BCUT2D eigenvalue weighted by Gasteiger charge is 2.44. The molecular weight excluding hydrogens is 458 g/mol. The van der Waals surface area contributed by atoms with Crippen LogP contribution in [0.1, 0.15) is 64.2 Å². The van der Waals surface area contributed by atoms with E-state index in [4.69, 9.17) is 10.5 Å². The van der Waals surface area contributed by atoms with E-state index in [-0.39, 0.29) is 22.0 Å². The van der Waals surface area contributed by atoms with Crippen LogP contribution in [0.25, 0.3) is 11.0 Å². The molecule has 1 aromatic heterocycles. The Morgan fingerprint density at radius 1 is 1.26 bits per heavy atom. The van der Waals surface area contributed by atoms with Crippen LogP contribution in [0.2, 0.25) is 0 Å². The molecule has 0 aliphatic carbocycles. The maximum atomic E-state index is 13.3. The van der Waals surface area contributed by atoms with Crippen molar-refractivity contribution >= 4 is 34.5 Å². The van der Waals surface area contributed by atoms with Crippen LogP contribution in [0.5, 0.6) is 0 Å². The summed E-state index contributed by atoms with van der Waals surface area (Å²) in [7, 11) is 0. The quantitative estimate of drug-likeness (QED) is 0.265. The number of carbonyl (C=O) groups is 1. The molecule has 1 aliphatic rings. The third-order valence-electron chi connectivity index (χ3n) is 6.97. The van der Waals surface area contributed by atoms with E-state index in [0.29, 0.717) is 12.8 Å². The predicted octanol–water partition coefficient (Wildman–Crippen LogP) is 6.59. The monoisotopic (exact) mass is 493 g/mol.